The van der Waals surface area contributed by atoms with Crippen LogP contribution in [0.2, 0.25) is 0 Å². The van der Waals surface area contributed by atoms with Crippen LogP contribution in [0.4, 0.5) is 4.79 Å². The Morgan fingerprint density at radius 1 is 1.30 bits per heavy atom. The topological polar surface area (TPSA) is 66.4 Å². The molecule has 23 heavy (non-hydrogen) atoms. The Morgan fingerprint density at radius 3 is 2.39 bits per heavy atom. The van der Waals surface area contributed by atoms with Gasteiger partial charge in [-0.1, -0.05) is 13.8 Å². The lowest BCUT2D eigenvalue weighted by atomic mass is 10.2. The molecule has 130 valence electrons. The highest BCUT2D eigenvalue weighted by molar-refractivity contribution is 7.71. The smallest absolute Gasteiger partial charge is 0.410 e. The Balaban J connectivity index is 1.88. The maximum atomic E-state index is 12.1. The summed E-state index contributed by atoms with van der Waals surface area (Å²) in [6.07, 6.45) is -0.239. The number of piperazine rings is 1. The van der Waals surface area contributed by atoms with Crippen molar-refractivity contribution in [2.45, 2.75) is 52.8 Å². The zero-order chi connectivity index (χ0) is 17.2. The molecular weight excluding hydrogens is 314 g/mol. The predicted molar refractivity (Wildman–Crippen MR) is 90.9 cm³/mol. The molecule has 1 aromatic heterocycles. The molecule has 0 saturated carbocycles. The van der Waals surface area contributed by atoms with Crippen LogP contribution in [0.15, 0.2) is 0 Å². The molecule has 1 amide bonds. The first-order chi connectivity index (χ1) is 10.7. The molecule has 0 aliphatic carbocycles. The summed E-state index contributed by atoms with van der Waals surface area (Å²) in [6, 6.07) is 0. The van der Waals surface area contributed by atoms with Crippen LogP contribution in [-0.2, 0) is 11.4 Å². The number of aromatic nitrogens is 3. The summed E-state index contributed by atoms with van der Waals surface area (Å²) >= 11 is 5.29. The van der Waals surface area contributed by atoms with Gasteiger partial charge in [-0.3, -0.25) is 10.00 Å². The maximum Gasteiger partial charge on any atom is 0.410 e. The molecule has 1 N–H and O–H groups in total. The molecule has 0 radical (unpaired) electrons. The predicted octanol–water partition coefficient (Wildman–Crippen LogP) is 2.57. The third kappa shape index (κ3) is 5.04. The third-order valence-electron chi connectivity index (χ3n) is 3.61. The lowest BCUT2D eigenvalue weighted by molar-refractivity contribution is 0.0113. The summed E-state index contributed by atoms with van der Waals surface area (Å²) < 4.78 is 7.87. The molecular formula is C15H27N5O2S. The van der Waals surface area contributed by atoms with E-state index in [-0.39, 0.29) is 6.09 Å². The monoisotopic (exact) mass is 341 g/mol. The van der Waals surface area contributed by atoms with Crippen LogP contribution in [0.3, 0.4) is 0 Å². The lowest BCUT2D eigenvalue weighted by Gasteiger charge is -2.35. The molecule has 2 heterocycles. The van der Waals surface area contributed by atoms with E-state index in [1.54, 1.807) is 4.90 Å². The normalized spacial score (nSPS) is 16.9. The summed E-state index contributed by atoms with van der Waals surface area (Å²) in [4.78, 5) is 20.4. The minimum atomic E-state index is -0.454. The molecule has 0 atom stereocenters. The number of carbonyl (C=O) groups is 1. The van der Waals surface area contributed by atoms with Crippen molar-refractivity contribution >= 4 is 18.3 Å². The number of hydrogen-bond donors (Lipinski definition) is 1. The fourth-order valence-electron chi connectivity index (χ4n) is 2.33. The highest BCUT2D eigenvalue weighted by Gasteiger charge is 2.26. The Kier molecular flexibility index (Phi) is 5.46. The molecule has 0 aromatic carbocycles. The summed E-state index contributed by atoms with van der Waals surface area (Å²) in [5, 5.41) is 3.25. The Hall–Kier alpha value is -1.41. The van der Waals surface area contributed by atoms with Gasteiger partial charge in [-0.2, -0.15) is 0 Å². The van der Waals surface area contributed by atoms with Crippen LogP contribution in [0, 0.1) is 4.77 Å². The average molecular weight is 341 g/mol. The van der Waals surface area contributed by atoms with Gasteiger partial charge in [-0.05, 0) is 33.0 Å². The molecule has 1 fully saturated rings. The van der Waals surface area contributed by atoms with Gasteiger partial charge in [0, 0.05) is 32.1 Å². The number of rotatable bonds is 3. The first-order valence-electron chi connectivity index (χ1n) is 8.03. The fourth-order valence-corrected chi connectivity index (χ4v) is 2.53. The number of nitrogens with one attached hydrogen (secondary N) is 1. The quantitative estimate of drug-likeness (QED) is 0.856. The molecule has 0 spiro atoms. The van der Waals surface area contributed by atoms with Crippen molar-refractivity contribution in [3.05, 3.63) is 10.6 Å². The van der Waals surface area contributed by atoms with Crippen molar-refractivity contribution in [2.24, 2.45) is 0 Å². The fraction of sp³-hybridized carbons (Fsp3) is 0.800. The van der Waals surface area contributed by atoms with Gasteiger partial charge in [0.25, 0.3) is 0 Å². The Morgan fingerprint density at radius 2 is 1.91 bits per heavy atom. The second-order valence-electron chi connectivity index (χ2n) is 7.20. The van der Waals surface area contributed by atoms with Gasteiger partial charge in [0.2, 0.25) is 4.77 Å². The Bertz CT molecular complexity index is 594. The van der Waals surface area contributed by atoms with E-state index in [2.05, 4.69) is 28.8 Å². The van der Waals surface area contributed by atoms with Gasteiger partial charge in [0.15, 0.2) is 0 Å². The van der Waals surface area contributed by atoms with Gasteiger partial charge >= 0.3 is 6.09 Å². The van der Waals surface area contributed by atoms with E-state index >= 15 is 0 Å². The SMILES string of the molecule is CC(C)c1nc(=S)n(CN2CCN(C(=O)OC(C)(C)C)CC2)[nH]1. The van der Waals surface area contributed by atoms with Crippen molar-refractivity contribution in [3.63, 3.8) is 0 Å². The second kappa shape index (κ2) is 7.00. The first kappa shape index (κ1) is 17.9. The average Bonchev–Trinajstić information content (AvgIpc) is 2.79. The standard InChI is InChI=1S/C15H27N5O2S/c1-11(2)12-16-13(23)20(17-12)10-18-6-8-19(9-7-18)14(21)22-15(3,4)5/h11H,6-10H2,1-5H3,(H,16,17,23). The van der Waals surface area contributed by atoms with Gasteiger partial charge in [0.1, 0.15) is 11.4 Å². The Labute approximate surface area is 142 Å². The van der Waals surface area contributed by atoms with Crippen molar-refractivity contribution in [1.82, 2.24) is 24.6 Å². The van der Waals surface area contributed by atoms with E-state index in [4.69, 9.17) is 17.0 Å². The molecule has 0 bridgehead atoms. The van der Waals surface area contributed by atoms with Crippen LogP contribution >= 0.6 is 12.2 Å². The zero-order valence-corrected chi connectivity index (χ0v) is 15.4. The molecule has 7 nitrogen and oxygen atoms in total. The van der Waals surface area contributed by atoms with Gasteiger partial charge in [-0.15, -0.1) is 0 Å². The number of nitrogens with zero attached hydrogens (tertiary/aromatic N) is 4. The van der Waals surface area contributed by atoms with E-state index < -0.39 is 5.60 Å². The number of ether oxygens (including phenoxy) is 1. The van der Waals surface area contributed by atoms with Crippen LogP contribution in [-0.4, -0.2) is 62.4 Å². The minimum absolute atomic E-state index is 0.239. The molecule has 1 aromatic rings. The summed E-state index contributed by atoms with van der Waals surface area (Å²) in [5.74, 6) is 1.23. The van der Waals surface area contributed by atoms with Gasteiger partial charge in [-0.25, -0.2) is 14.5 Å². The van der Waals surface area contributed by atoms with Crippen molar-refractivity contribution in [3.8, 4) is 0 Å². The van der Waals surface area contributed by atoms with E-state index in [1.165, 1.54) is 0 Å². The number of aromatic amines is 1. The summed E-state index contributed by atoms with van der Waals surface area (Å²) in [6.45, 7) is 13.4. The lowest BCUT2D eigenvalue weighted by Crippen LogP contribution is -2.50. The van der Waals surface area contributed by atoms with Crippen LogP contribution in [0.1, 0.15) is 46.4 Å². The van der Waals surface area contributed by atoms with Crippen LogP contribution in [0.25, 0.3) is 0 Å². The molecule has 1 aliphatic rings. The van der Waals surface area contributed by atoms with E-state index in [0.29, 0.717) is 30.4 Å². The van der Waals surface area contributed by atoms with E-state index in [1.807, 2.05) is 25.5 Å². The maximum absolute atomic E-state index is 12.1. The van der Waals surface area contributed by atoms with Crippen molar-refractivity contribution in [1.29, 1.82) is 0 Å². The van der Waals surface area contributed by atoms with Gasteiger partial charge in [0.05, 0.1) is 6.67 Å². The zero-order valence-electron chi connectivity index (χ0n) is 14.6. The van der Waals surface area contributed by atoms with E-state index in [9.17, 15) is 4.79 Å². The molecule has 8 heteroatoms. The van der Waals surface area contributed by atoms with Crippen molar-refractivity contribution < 1.29 is 9.53 Å². The second-order valence-corrected chi connectivity index (χ2v) is 7.57. The van der Waals surface area contributed by atoms with Crippen molar-refractivity contribution in [2.75, 3.05) is 26.2 Å². The van der Waals surface area contributed by atoms with Crippen LogP contribution in [0.5, 0.6) is 0 Å². The number of H-pyrrole nitrogens is 1. The number of hydrogen-bond acceptors (Lipinski definition) is 5. The van der Waals surface area contributed by atoms with Crippen LogP contribution < -0.4 is 0 Å². The van der Waals surface area contributed by atoms with Gasteiger partial charge < -0.3 is 9.64 Å². The first-order valence-corrected chi connectivity index (χ1v) is 8.43. The minimum Gasteiger partial charge on any atom is -0.444 e. The number of amides is 1. The molecule has 1 saturated heterocycles. The highest BCUT2D eigenvalue weighted by Crippen LogP contribution is 2.13. The summed E-state index contributed by atoms with van der Waals surface area (Å²) in [7, 11) is 0. The molecule has 0 unspecified atom stereocenters. The number of carbonyl (C=O) groups excluding carboxylic acids is 1. The largest absolute Gasteiger partial charge is 0.444 e. The molecule has 2 rings (SSSR count). The van der Waals surface area contributed by atoms with E-state index in [0.717, 1.165) is 18.9 Å². The summed E-state index contributed by atoms with van der Waals surface area (Å²) in [5.41, 5.74) is -0.454. The molecule has 1 aliphatic heterocycles. The third-order valence-corrected chi connectivity index (χ3v) is 3.92. The highest BCUT2D eigenvalue weighted by atomic mass is 32.1.